The van der Waals surface area contributed by atoms with Crippen molar-refractivity contribution >= 4 is 35.0 Å². The van der Waals surface area contributed by atoms with Crippen molar-refractivity contribution in [2.24, 2.45) is 11.8 Å². The molecular weight excluding hydrogens is 518 g/mol. The van der Waals surface area contributed by atoms with E-state index in [4.69, 9.17) is 9.72 Å². The van der Waals surface area contributed by atoms with Crippen LogP contribution in [0.5, 0.6) is 5.75 Å². The Balaban J connectivity index is 1.20. The first-order chi connectivity index (χ1) is 19.9. The average molecular weight is 562 g/mol. The topological polar surface area (TPSA) is 103 Å². The molecule has 1 saturated heterocycles. The van der Waals surface area contributed by atoms with Crippen molar-refractivity contribution in [1.29, 1.82) is 0 Å². The van der Waals surface area contributed by atoms with E-state index >= 15 is 0 Å². The predicted molar refractivity (Wildman–Crippen MR) is 160 cm³/mol. The van der Waals surface area contributed by atoms with E-state index < -0.39 is 0 Å². The molecule has 1 aromatic heterocycles. The highest BCUT2D eigenvalue weighted by Gasteiger charge is 2.41. The van der Waals surface area contributed by atoms with E-state index in [-0.39, 0.29) is 23.9 Å². The zero-order valence-corrected chi connectivity index (χ0v) is 24.7. The number of rotatable bonds is 7. The summed E-state index contributed by atoms with van der Waals surface area (Å²) in [4.78, 5) is 42.2. The van der Waals surface area contributed by atoms with Gasteiger partial charge < -0.3 is 30.1 Å². The fraction of sp³-hybridized carbons (Fsp3) is 0.613. The van der Waals surface area contributed by atoms with Crippen LogP contribution >= 0.6 is 0 Å². The molecule has 10 heteroatoms. The van der Waals surface area contributed by atoms with Gasteiger partial charge in [-0.05, 0) is 82.2 Å². The van der Waals surface area contributed by atoms with Gasteiger partial charge in [0.05, 0.1) is 19.0 Å². The summed E-state index contributed by atoms with van der Waals surface area (Å²) in [5.74, 6) is 3.18. The molecule has 2 amide bonds. The van der Waals surface area contributed by atoms with Gasteiger partial charge in [0, 0.05) is 31.2 Å². The second kappa shape index (κ2) is 11.5. The lowest BCUT2D eigenvalue weighted by Gasteiger charge is -2.43. The van der Waals surface area contributed by atoms with Crippen molar-refractivity contribution in [3.8, 4) is 5.75 Å². The lowest BCUT2D eigenvalue weighted by molar-refractivity contribution is -0.120. The van der Waals surface area contributed by atoms with Gasteiger partial charge in [-0.25, -0.2) is 4.98 Å². The summed E-state index contributed by atoms with van der Waals surface area (Å²) >= 11 is 0. The summed E-state index contributed by atoms with van der Waals surface area (Å²) in [5, 5.41) is 6.58. The van der Waals surface area contributed by atoms with Gasteiger partial charge in [-0.3, -0.25) is 9.59 Å². The van der Waals surface area contributed by atoms with E-state index in [1.165, 1.54) is 19.3 Å². The van der Waals surface area contributed by atoms with E-state index in [2.05, 4.69) is 39.4 Å². The predicted octanol–water partition coefficient (Wildman–Crippen LogP) is 4.19. The Kier molecular flexibility index (Phi) is 7.76. The maximum atomic E-state index is 13.2. The molecule has 3 heterocycles. The molecule has 2 saturated carbocycles. The number of benzene rings is 1. The molecule has 2 aromatic rings. The SMILES string of the molecule is CC[C@@H]1C(=O)N(C)c2cnc(Nc3ccc(C(=O)N[C@@H]4CC5CN(C)CC[C@@H]5C4)cc3OC)nc2N1C1CCCC1. The number of nitrogens with one attached hydrogen (secondary N) is 2. The number of amides is 2. The Morgan fingerprint density at radius 1 is 1.12 bits per heavy atom. The van der Waals surface area contributed by atoms with Crippen LogP contribution in [-0.4, -0.2) is 79.1 Å². The number of carbonyl (C=O) groups is 2. The third-order valence-corrected chi connectivity index (χ3v) is 9.73. The monoisotopic (exact) mass is 561 g/mol. The zero-order chi connectivity index (χ0) is 28.7. The molecule has 0 radical (unpaired) electrons. The highest BCUT2D eigenvalue weighted by molar-refractivity contribution is 6.04. The van der Waals surface area contributed by atoms with E-state index in [1.54, 1.807) is 31.3 Å². The summed E-state index contributed by atoms with van der Waals surface area (Å²) in [6.07, 6.45) is 10.2. The van der Waals surface area contributed by atoms with Crippen LogP contribution in [0, 0.1) is 11.8 Å². The fourth-order valence-electron chi connectivity index (χ4n) is 7.55. The van der Waals surface area contributed by atoms with Crippen LogP contribution in [0.4, 0.5) is 23.1 Å². The number of ether oxygens (including phenoxy) is 1. The largest absolute Gasteiger partial charge is 0.495 e. The molecule has 1 aromatic carbocycles. The van der Waals surface area contributed by atoms with Gasteiger partial charge in [0.2, 0.25) is 11.9 Å². The number of methoxy groups -OCH3 is 1. The van der Waals surface area contributed by atoms with Crippen LogP contribution < -0.4 is 25.2 Å². The van der Waals surface area contributed by atoms with Gasteiger partial charge >= 0.3 is 0 Å². The molecule has 1 unspecified atom stereocenters. The van der Waals surface area contributed by atoms with Crippen molar-refractivity contribution in [3.05, 3.63) is 30.0 Å². The third-order valence-electron chi connectivity index (χ3n) is 9.73. The Bertz CT molecular complexity index is 1300. The van der Waals surface area contributed by atoms with Gasteiger partial charge in [-0.1, -0.05) is 19.8 Å². The molecule has 4 aliphatic rings. The van der Waals surface area contributed by atoms with Crippen molar-refractivity contribution in [1.82, 2.24) is 20.2 Å². The first-order valence-corrected chi connectivity index (χ1v) is 15.2. The van der Waals surface area contributed by atoms with Crippen molar-refractivity contribution in [3.63, 3.8) is 0 Å². The van der Waals surface area contributed by atoms with Gasteiger partial charge in [0.15, 0.2) is 5.82 Å². The minimum Gasteiger partial charge on any atom is -0.495 e. The number of hydrogen-bond acceptors (Lipinski definition) is 8. The number of carbonyl (C=O) groups excluding carboxylic acids is 2. The van der Waals surface area contributed by atoms with Gasteiger partial charge in [-0.2, -0.15) is 4.98 Å². The van der Waals surface area contributed by atoms with Crippen LogP contribution in [0.15, 0.2) is 24.4 Å². The standard InChI is InChI=1S/C31H43N7O3/c1-5-25-30(40)37(3)26-17-32-31(35-28(26)38(25)23-8-6-7-9-23)34-24-11-10-20(16-27(24)41-4)29(39)33-22-14-19-12-13-36(2)18-21(19)15-22/h10-11,16-17,19,21-23,25H,5-9,12-15,18H2,1-4H3,(H,33,39)(H,32,34,35)/t19-,21?,22+,25-/m1/s1. The van der Waals surface area contributed by atoms with Crippen LogP contribution in [-0.2, 0) is 4.79 Å². The van der Waals surface area contributed by atoms with E-state index in [0.29, 0.717) is 40.8 Å². The highest BCUT2D eigenvalue weighted by Crippen LogP contribution is 2.41. The molecule has 0 bridgehead atoms. The smallest absolute Gasteiger partial charge is 0.251 e. The number of likely N-dealkylation sites (tertiary alicyclic amines) is 1. The second-order valence-electron chi connectivity index (χ2n) is 12.3. The Hall–Kier alpha value is -3.40. The number of hydrogen-bond donors (Lipinski definition) is 2. The van der Waals surface area contributed by atoms with E-state index in [1.807, 2.05) is 12.1 Å². The van der Waals surface area contributed by atoms with Crippen LogP contribution in [0.2, 0.25) is 0 Å². The Morgan fingerprint density at radius 3 is 2.66 bits per heavy atom. The number of likely N-dealkylation sites (N-methyl/N-ethyl adjacent to an activating group) is 1. The number of aromatic nitrogens is 2. The number of anilines is 4. The number of nitrogens with zero attached hydrogens (tertiary/aromatic N) is 5. The van der Waals surface area contributed by atoms with Crippen LogP contribution in [0.3, 0.4) is 0 Å². The molecular formula is C31H43N7O3. The minimum absolute atomic E-state index is 0.0672. The van der Waals surface area contributed by atoms with Crippen molar-refractivity contribution in [2.45, 2.75) is 76.4 Å². The molecule has 2 N–H and O–H groups in total. The molecule has 3 fully saturated rings. The summed E-state index contributed by atoms with van der Waals surface area (Å²) in [6.45, 7) is 4.33. The summed E-state index contributed by atoms with van der Waals surface area (Å²) in [5.41, 5.74) is 1.98. The maximum Gasteiger partial charge on any atom is 0.251 e. The molecule has 0 spiro atoms. The molecule has 220 valence electrons. The summed E-state index contributed by atoms with van der Waals surface area (Å²) < 4.78 is 5.68. The number of piperidine rings is 1. The van der Waals surface area contributed by atoms with E-state index in [0.717, 1.165) is 56.7 Å². The Labute approximate surface area is 242 Å². The lowest BCUT2D eigenvalue weighted by Crippen LogP contribution is -2.55. The Morgan fingerprint density at radius 2 is 1.90 bits per heavy atom. The average Bonchev–Trinajstić information content (AvgIpc) is 3.64. The maximum absolute atomic E-state index is 13.2. The minimum atomic E-state index is -0.226. The lowest BCUT2D eigenvalue weighted by atomic mass is 9.89. The van der Waals surface area contributed by atoms with Gasteiger partial charge in [-0.15, -0.1) is 0 Å². The second-order valence-corrected chi connectivity index (χ2v) is 12.3. The molecule has 2 aliphatic heterocycles. The zero-order valence-electron chi connectivity index (χ0n) is 24.7. The fourth-order valence-corrected chi connectivity index (χ4v) is 7.55. The molecule has 10 nitrogen and oxygen atoms in total. The summed E-state index contributed by atoms with van der Waals surface area (Å²) in [7, 11) is 5.59. The molecule has 2 aliphatic carbocycles. The van der Waals surface area contributed by atoms with Gasteiger partial charge in [0.1, 0.15) is 17.5 Å². The van der Waals surface area contributed by atoms with Crippen LogP contribution in [0.1, 0.15) is 68.6 Å². The van der Waals surface area contributed by atoms with Crippen molar-refractivity contribution in [2.75, 3.05) is 49.4 Å². The molecule has 41 heavy (non-hydrogen) atoms. The van der Waals surface area contributed by atoms with Crippen LogP contribution in [0.25, 0.3) is 0 Å². The summed E-state index contributed by atoms with van der Waals surface area (Å²) in [6, 6.07) is 5.73. The molecule has 6 rings (SSSR count). The molecule has 4 atom stereocenters. The van der Waals surface area contributed by atoms with Gasteiger partial charge in [0.25, 0.3) is 5.91 Å². The number of fused-ring (bicyclic) bond motifs is 2. The highest BCUT2D eigenvalue weighted by atomic mass is 16.5. The normalized spacial score (nSPS) is 26.6. The van der Waals surface area contributed by atoms with Crippen molar-refractivity contribution < 1.29 is 14.3 Å². The first-order valence-electron chi connectivity index (χ1n) is 15.2. The van der Waals surface area contributed by atoms with E-state index in [9.17, 15) is 9.59 Å². The third kappa shape index (κ3) is 5.34. The first kappa shape index (κ1) is 27.8. The quantitative estimate of drug-likeness (QED) is 0.519.